The summed E-state index contributed by atoms with van der Waals surface area (Å²) in [4.78, 5) is 58.8. The monoisotopic (exact) mass is 583 g/mol. The van der Waals surface area contributed by atoms with Crippen molar-refractivity contribution in [3.8, 4) is 0 Å². The molecule has 0 radical (unpaired) electrons. The van der Waals surface area contributed by atoms with E-state index in [0.29, 0.717) is 18.7 Å². The van der Waals surface area contributed by atoms with Crippen molar-refractivity contribution >= 4 is 29.8 Å². The number of ether oxygens (including phenoxy) is 8. The number of benzene rings is 1. The van der Waals surface area contributed by atoms with Gasteiger partial charge in [0, 0.05) is 39.8 Å². The van der Waals surface area contributed by atoms with Crippen LogP contribution in [0, 0.1) is 0 Å². The number of nitrogens with one attached hydrogen (secondary N) is 1. The third-order valence-electron chi connectivity index (χ3n) is 5.40. The van der Waals surface area contributed by atoms with E-state index in [1.54, 1.807) is 24.3 Å². The fourth-order valence-electron chi connectivity index (χ4n) is 3.80. The molecule has 14 heteroatoms. The number of hydrogen-bond acceptors (Lipinski definition) is 13. The number of carbonyl (C=O) groups excluding carboxylic acids is 5. The first-order valence-electron chi connectivity index (χ1n) is 13.0. The second-order valence-corrected chi connectivity index (χ2v) is 8.79. The highest BCUT2D eigenvalue weighted by Crippen LogP contribution is 2.30. The molecule has 1 heterocycles. The molecule has 14 nitrogen and oxygen atoms in total. The predicted molar refractivity (Wildman–Crippen MR) is 138 cm³/mol. The fourth-order valence-corrected chi connectivity index (χ4v) is 3.80. The van der Waals surface area contributed by atoms with E-state index in [1.165, 1.54) is 6.92 Å². The van der Waals surface area contributed by atoms with Gasteiger partial charge in [0.05, 0.1) is 33.0 Å². The van der Waals surface area contributed by atoms with E-state index >= 15 is 0 Å². The van der Waals surface area contributed by atoms with Gasteiger partial charge in [0.2, 0.25) is 0 Å². The fraction of sp³-hybridized carbons (Fsp3) is 0.593. The molecule has 5 unspecified atom stereocenters. The second-order valence-electron chi connectivity index (χ2n) is 8.79. The molecule has 0 aliphatic carbocycles. The summed E-state index contributed by atoms with van der Waals surface area (Å²) in [6.07, 6.45) is -6.24. The van der Waals surface area contributed by atoms with Crippen molar-refractivity contribution in [3.63, 3.8) is 0 Å². The van der Waals surface area contributed by atoms with Gasteiger partial charge >= 0.3 is 23.9 Å². The predicted octanol–water partition coefficient (Wildman–Crippen LogP) is 0.549. The molecular weight excluding hydrogens is 546 g/mol. The molecule has 228 valence electrons. The molecule has 1 aliphatic heterocycles. The van der Waals surface area contributed by atoms with Crippen molar-refractivity contribution in [1.82, 2.24) is 5.32 Å². The van der Waals surface area contributed by atoms with Crippen LogP contribution in [0.4, 0.5) is 0 Å². The molecule has 1 aromatic carbocycles. The van der Waals surface area contributed by atoms with Gasteiger partial charge in [-0.3, -0.25) is 24.0 Å². The van der Waals surface area contributed by atoms with Crippen LogP contribution >= 0.6 is 0 Å². The van der Waals surface area contributed by atoms with Gasteiger partial charge in [-0.1, -0.05) is 18.2 Å². The van der Waals surface area contributed by atoms with Crippen molar-refractivity contribution in [3.05, 3.63) is 35.9 Å². The zero-order valence-corrected chi connectivity index (χ0v) is 23.5. The van der Waals surface area contributed by atoms with E-state index in [0.717, 1.165) is 20.8 Å². The number of hydrogen-bond donors (Lipinski definition) is 1. The number of rotatable bonds is 16. The van der Waals surface area contributed by atoms with Gasteiger partial charge in [0.1, 0.15) is 12.7 Å². The van der Waals surface area contributed by atoms with Crippen LogP contribution in [-0.4, -0.2) is 107 Å². The van der Waals surface area contributed by atoms with Crippen LogP contribution < -0.4 is 5.32 Å². The Bertz CT molecular complexity index is 1000. The standard InChI is InChI=1S/C27H37NO13/c1-17(29)37-16-22-23(38-18(2)30)24(39-19(3)31)25(40-20(4)32)27(41-22)36-15-14-35-13-12-34-11-10-28-26(33)21-8-6-5-7-9-21/h5-9,22-25,27H,10-16H2,1-4H3,(H,28,33). The summed E-state index contributed by atoms with van der Waals surface area (Å²) < 4.78 is 43.5. The van der Waals surface area contributed by atoms with Gasteiger partial charge in [0.25, 0.3) is 5.91 Å². The molecule has 1 aliphatic rings. The van der Waals surface area contributed by atoms with Gasteiger partial charge in [-0.15, -0.1) is 0 Å². The molecule has 1 aromatic rings. The summed E-state index contributed by atoms with van der Waals surface area (Å²) >= 11 is 0. The molecule has 0 aromatic heterocycles. The third kappa shape index (κ3) is 12.6. The van der Waals surface area contributed by atoms with E-state index in [4.69, 9.17) is 37.9 Å². The maximum Gasteiger partial charge on any atom is 0.303 e. The third-order valence-corrected chi connectivity index (χ3v) is 5.40. The highest BCUT2D eigenvalue weighted by atomic mass is 16.7. The van der Waals surface area contributed by atoms with E-state index < -0.39 is 54.6 Å². The lowest BCUT2D eigenvalue weighted by Crippen LogP contribution is -2.63. The van der Waals surface area contributed by atoms with Gasteiger partial charge in [0.15, 0.2) is 24.6 Å². The maximum atomic E-state index is 12.0. The summed E-state index contributed by atoms with van der Waals surface area (Å²) in [7, 11) is 0. The first-order valence-corrected chi connectivity index (χ1v) is 13.0. The highest BCUT2D eigenvalue weighted by molar-refractivity contribution is 5.94. The Balaban J connectivity index is 1.85. The van der Waals surface area contributed by atoms with E-state index in [-0.39, 0.29) is 38.9 Å². The van der Waals surface area contributed by atoms with Crippen molar-refractivity contribution in [2.24, 2.45) is 0 Å². The average Bonchev–Trinajstić information content (AvgIpc) is 2.91. The summed E-state index contributed by atoms with van der Waals surface area (Å²) in [6, 6.07) is 8.82. The average molecular weight is 584 g/mol. The van der Waals surface area contributed by atoms with Crippen LogP contribution in [0.25, 0.3) is 0 Å². The molecule has 0 spiro atoms. The van der Waals surface area contributed by atoms with Crippen molar-refractivity contribution in [2.45, 2.75) is 58.4 Å². The van der Waals surface area contributed by atoms with E-state index in [1.807, 2.05) is 6.07 Å². The molecule has 2 rings (SSSR count). The summed E-state index contributed by atoms with van der Waals surface area (Å²) in [5.41, 5.74) is 0.562. The van der Waals surface area contributed by atoms with Crippen molar-refractivity contribution in [1.29, 1.82) is 0 Å². The number of esters is 4. The van der Waals surface area contributed by atoms with Crippen LogP contribution in [0.5, 0.6) is 0 Å². The highest BCUT2D eigenvalue weighted by Gasteiger charge is 2.52. The molecule has 1 fully saturated rings. The summed E-state index contributed by atoms with van der Waals surface area (Å²) in [5.74, 6) is -2.99. The zero-order valence-electron chi connectivity index (χ0n) is 23.5. The number of amides is 1. The molecule has 0 saturated carbocycles. The molecule has 1 saturated heterocycles. The SMILES string of the molecule is CC(=O)OCC1OC(OCCOCCOCCNC(=O)c2ccccc2)C(OC(C)=O)C(OC(C)=O)C1OC(C)=O. The molecular formula is C27H37NO13. The van der Waals surface area contributed by atoms with Crippen LogP contribution in [0.1, 0.15) is 38.1 Å². The van der Waals surface area contributed by atoms with Crippen molar-refractivity contribution in [2.75, 3.05) is 46.2 Å². The minimum Gasteiger partial charge on any atom is -0.463 e. The van der Waals surface area contributed by atoms with Crippen LogP contribution in [0.2, 0.25) is 0 Å². The minimum atomic E-state index is -1.31. The van der Waals surface area contributed by atoms with E-state index in [9.17, 15) is 24.0 Å². The van der Waals surface area contributed by atoms with Gasteiger partial charge in [-0.2, -0.15) is 0 Å². The second kappa shape index (κ2) is 18.0. The Hall–Kier alpha value is -3.59. The molecule has 1 N–H and O–H groups in total. The topological polar surface area (TPSA) is 171 Å². The van der Waals surface area contributed by atoms with Crippen molar-refractivity contribution < 1.29 is 61.9 Å². The van der Waals surface area contributed by atoms with Crippen LogP contribution in [0.3, 0.4) is 0 Å². The Morgan fingerprint density at radius 2 is 1.27 bits per heavy atom. The Morgan fingerprint density at radius 3 is 1.88 bits per heavy atom. The lowest BCUT2D eigenvalue weighted by Gasteiger charge is -2.44. The van der Waals surface area contributed by atoms with E-state index in [2.05, 4.69) is 5.32 Å². The Morgan fingerprint density at radius 1 is 0.707 bits per heavy atom. The quantitative estimate of drug-likeness (QED) is 0.163. The lowest BCUT2D eigenvalue weighted by molar-refractivity contribution is -0.309. The first kappa shape index (κ1) is 33.6. The Labute approximate surface area is 237 Å². The first-order chi connectivity index (χ1) is 19.6. The molecule has 1 amide bonds. The summed E-state index contributed by atoms with van der Waals surface area (Å²) in [6.45, 7) is 5.44. The minimum absolute atomic E-state index is 0.0269. The summed E-state index contributed by atoms with van der Waals surface area (Å²) in [5, 5.41) is 2.75. The van der Waals surface area contributed by atoms with Gasteiger partial charge in [-0.25, -0.2) is 0 Å². The van der Waals surface area contributed by atoms with Crippen LogP contribution in [0.15, 0.2) is 30.3 Å². The largest absolute Gasteiger partial charge is 0.463 e. The molecule has 5 atom stereocenters. The van der Waals surface area contributed by atoms with Gasteiger partial charge in [-0.05, 0) is 12.1 Å². The smallest absolute Gasteiger partial charge is 0.303 e. The zero-order chi connectivity index (χ0) is 30.2. The van der Waals surface area contributed by atoms with Gasteiger partial charge < -0.3 is 43.2 Å². The molecule has 41 heavy (non-hydrogen) atoms. The maximum absolute atomic E-state index is 12.0. The normalized spacial score (nSPS) is 21.8. The lowest BCUT2D eigenvalue weighted by atomic mass is 9.98. The van der Waals surface area contributed by atoms with Crippen LogP contribution in [-0.2, 0) is 57.1 Å². The Kier molecular flexibility index (Phi) is 14.7. The molecule has 0 bridgehead atoms. The number of carbonyl (C=O) groups is 5.